The van der Waals surface area contributed by atoms with Gasteiger partial charge in [0.15, 0.2) is 5.82 Å². The Labute approximate surface area is 154 Å². The highest BCUT2D eigenvalue weighted by Crippen LogP contribution is 2.19. The molecule has 1 amide bonds. The third kappa shape index (κ3) is 3.86. The van der Waals surface area contributed by atoms with Gasteiger partial charge in [-0.1, -0.05) is 6.07 Å². The molecule has 0 spiro atoms. The van der Waals surface area contributed by atoms with Crippen molar-refractivity contribution in [3.05, 3.63) is 74.4 Å². The molecule has 9 nitrogen and oxygen atoms in total. The summed E-state index contributed by atoms with van der Waals surface area (Å²) < 4.78 is 2.87. The van der Waals surface area contributed by atoms with Crippen LogP contribution >= 0.6 is 0 Å². The first-order chi connectivity index (χ1) is 12.9. The van der Waals surface area contributed by atoms with Gasteiger partial charge in [0, 0.05) is 29.2 Å². The number of aryl methyl sites for hydroxylation is 1. The summed E-state index contributed by atoms with van der Waals surface area (Å²) in [5, 5.41) is 7.19. The summed E-state index contributed by atoms with van der Waals surface area (Å²) >= 11 is 0. The van der Waals surface area contributed by atoms with E-state index >= 15 is 0 Å². The molecular formula is C18H20N6O3. The fourth-order valence-electron chi connectivity index (χ4n) is 2.81. The number of pyridine rings is 1. The summed E-state index contributed by atoms with van der Waals surface area (Å²) in [5.74, 6) is 0.344. The third-order valence-corrected chi connectivity index (χ3v) is 4.26. The van der Waals surface area contributed by atoms with E-state index in [1.165, 1.54) is 10.8 Å². The Hall–Kier alpha value is -3.49. The van der Waals surface area contributed by atoms with Crippen molar-refractivity contribution >= 4 is 5.91 Å². The Balaban J connectivity index is 1.74. The minimum absolute atomic E-state index is 0.186. The maximum Gasteiger partial charge on any atom is 0.328 e. The number of hydrogen-bond donors (Lipinski definition) is 2. The van der Waals surface area contributed by atoms with Gasteiger partial charge in [-0.25, -0.2) is 14.5 Å². The lowest BCUT2D eigenvalue weighted by Gasteiger charge is -2.14. The highest BCUT2D eigenvalue weighted by molar-refractivity contribution is 5.76. The van der Waals surface area contributed by atoms with Crippen molar-refractivity contribution in [2.24, 2.45) is 0 Å². The fourth-order valence-corrected chi connectivity index (χ4v) is 2.81. The lowest BCUT2D eigenvalue weighted by atomic mass is 10.1. The zero-order chi connectivity index (χ0) is 19.6. The number of carbonyl (C=O) groups excluding carboxylic acids is 1. The molecule has 0 saturated carbocycles. The van der Waals surface area contributed by atoms with Crippen molar-refractivity contribution in [3.8, 4) is 5.82 Å². The summed E-state index contributed by atoms with van der Waals surface area (Å²) in [6.07, 6.45) is 4.74. The lowest BCUT2D eigenvalue weighted by Crippen LogP contribution is -2.37. The minimum Gasteiger partial charge on any atom is -0.348 e. The van der Waals surface area contributed by atoms with E-state index in [1.54, 1.807) is 24.0 Å². The standard InChI is InChI=1S/C18H20N6O3/c1-11-9-23(18(27)22-17(11)26)10-16(25)21-12(2)14-8-20-24(13(14)3)15-6-4-5-7-19-15/h4-9,12H,10H2,1-3H3,(H,21,25)(H,22,26,27)/t12-/m1/s1. The smallest absolute Gasteiger partial charge is 0.328 e. The lowest BCUT2D eigenvalue weighted by molar-refractivity contribution is -0.122. The van der Waals surface area contributed by atoms with Crippen LogP contribution in [0.1, 0.15) is 29.8 Å². The van der Waals surface area contributed by atoms with Crippen LogP contribution in [0.25, 0.3) is 5.82 Å². The molecule has 0 fully saturated rings. The monoisotopic (exact) mass is 368 g/mol. The van der Waals surface area contributed by atoms with Crippen LogP contribution in [0.15, 0.2) is 46.4 Å². The van der Waals surface area contributed by atoms with E-state index < -0.39 is 11.2 Å². The van der Waals surface area contributed by atoms with E-state index in [9.17, 15) is 14.4 Å². The number of nitrogens with zero attached hydrogens (tertiary/aromatic N) is 4. The quantitative estimate of drug-likeness (QED) is 0.685. The maximum atomic E-state index is 12.3. The normalized spacial score (nSPS) is 12.0. The number of hydrogen-bond acceptors (Lipinski definition) is 5. The Morgan fingerprint density at radius 3 is 2.78 bits per heavy atom. The van der Waals surface area contributed by atoms with Crippen molar-refractivity contribution in [1.29, 1.82) is 0 Å². The molecule has 0 aliphatic heterocycles. The molecule has 0 unspecified atom stereocenters. The number of carbonyl (C=O) groups is 1. The average Bonchev–Trinajstić information content (AvgIpc) is 3.02. The van der Waals surface area contributed by atoms with Gasteiger partial charge < -0.3 is 5.32 Å². The number of nitrogens with one attached hydrogen (secondary N) is 2. The molecule has 0 aliphatic carbocycles. The molecule has 9 heteroatoms. The number of amides is 1. The molecule has 27 heavy (non-hydrogen) atoms. The molecule has 0 aliphatic rings. The van der Waals surface area contributed by atoms with Crippen LogP contribution in [0.5, 0.6) is 0 Å². The van der Waals surface area contributed by atoms with Gasteiger partial charge in [0.2, 0.25) is 5.91 Å². The first kappa shape index (κ1) is 18.3. The van der Waals surface area contributed by atoms with Crippen LogP contribution in [0.2, 0.25) is 0 Å². The highest BCUT2D eigenvalue weighted by atomic mass is 16.2. The maximum absolute atomic E-state index is 12.3. The molecule has 0 aromatic carbocycles. The predicted molar refractivity (Wildman–Crippen MR) is 98.7 cm³/mol. The van der Waals surface area contributed by atoms with Crippen molar-refractivity contribution in [1.82, 2.24) is 29.6 Å². The van der Waals surface area contributed by atoms with Crippen LogP contribution in [-0.2, 0) is 11.3 Å². The molecule has 1 atom stereocenters. The topological polar surface area (TPSA) is 115 Å². The van der Waals surface area contributed by atoms with Crippen molar-refractivity contribution in [2.45, 2.75) is 33.4 Å². The molecule has 0 bridgehead atoms. The van der Waals surface area contributed by atoms with Gasteiger partial charge in [-0.2, -0.15) is 5.10 Å². The van der Waals surface area contributed by atoms with E-state index in [-0.39, 0.29) is 18.5 Å². The summed E-state index contributed by atoms with van der Waals surface area (Å²) in [7, 11) is 0. The molecule has 0 saturated heterocycles. The number of aromatic nitrogens is 5. The van der Waals surface area contributed by atoms with Crippen molar-refractivity contribution in [2.75, 3.05) is 0 Å². The second kappa shape index (κ2) is 7.40. The molecule has 3 rings (SSSR count). The molecule has 3 aromatic rings. The van der Waals surface area contributed by atoms with Crippen LogP contribution < -0.4 is 16.6 Å². The van der Waals surface area contributed by atoms with Crippen LogP contribution in [0.4, 0.5) is 0 Å². The summed E-state index contributed by atoms with van der Waals surface area (Å²) in [5.41, 5.74) is 0.996. The molecule has 2 N–H and O–H groups in total. The molecular weight excluding hydrogens is 348 g/mol. The Morgan fingerprint density at radius 2 is 2.07 bits per heavy atom. The second-order valence-corrected chi connectivity index (χ2v) is 6.27. The van der Waals surface area contributed by atoms with Gasteiger partial charge in [-0.3, -0.25) is 19.1 Å². The third-order valence-electron chi connectivity index (χ3n) is 4.26. The Bertz CT molecular complexity index is 1080. The predicted octanol–water partition coefficient (Wildman–Crippen LogP) is 0.612. The van der Waals surface area contributed by atoms with Crippen LogP contribution in [0, 0.1) is 13.8 Å². The molecule has 3 heterocycles. The fraction of sp³-hybridized carbons (Fsp3) is 0.278. The van der Waals surface area contributed by atoms with E-state index in [0.717, 1.165) is 11.3 Å². The minimum atomic E-state index is -0.618. The van der Waals surface area contributed by atoms with Gasteiger partial charge in [0.05, 0.1) is 12.2 Å². The first-order valence-corrected chi connectivity index (χ1v) is 8.42. The molecule has 140 valence electrons. The van der Waals surface area contributed by atoms with Gasteiger partial charge >= 0.3 is 5.69 Å². The molecule has 0 radical (unpaired) electrons. The largest absolute Gasteiger partial charge is 0.348 e. The highest BCUT2D eigenvalue weighted by Gasteiger charge is 2.17. The zero-order valence-electron chi connectivity index (χ0n) is 15.3. The summed E-state index contributed by atoms with van der Waals surface area (Å²) in [4.78, 5) is 42.0. The van der Waals surface area contributed by atoms with Crippen molar-refractivity contribution < 1.29 is 4.79 Å². The van der Waals surface area contributed by atoms with Crippen LogP contribution in [-0.4, -0.2) is 30.2 Å². The average molecular weight is 368 g/mol. The van der Waals surface area contributed by atoms with E-state index in [0.29, 0.717) is 11.4 Å². The van der Waals surface area contributed by atoms with E-state index in [1.807, 2.05) is 32.0 Å². The SMILES string of the molecule is Cc1cn(CC(=O)N[C@H](C)c2cnn(-c3ccccn3)c2C)c(=O)[nH]c1=O. The van der Waals surface area contributed by atoms with Gasteiger partial charge in [-0.05, 0) is 32.9 Å². The number of rotatable bonds is 5. The Morgan fingerprint density at radius 1 is 1.30 bits per heavy atom. The zero-order valence-corrected chi connectivity index (χ0v) is 15.3. The summed E-state index contributed by atoms with van der Waals surface area (Å²) in [6, 6.07) is 5.23. The first-order valence-electron chi connectivity index (χ1n) is 8.42. The Kier molecular flexibility index (Phi) is 5.02. The van der Waals surface area contributed by atoms with E-state index in [4.69, 9.17) is 0 Å². The number of aromatic amines is 1. The second-order valence-electron chi connectivity index (χ2n) is 6.27. The van der Waals surface area contributed by atoms with Gasteiger partial charge in [-0.15, -0.1) is 0 Å². The van der Waals surface area contributed by atoms with Gasteiger partial charge in [0.1, 0.15) is 6.54 Å². The molecule has 3 aromatic heterocycles. The summed E-state index contributed by atoms with van der Waals surface area (Å²) in [6.45, 7) is 5.12. The van der Waals surface area contributed by atoms with Crippen molar-refractivity contribution in [3.63, 3.8) is 0 Å². The van der Waals surface area contributed by atoms with E-state index in [2.05, 4.69) is 20.4 Å². The van der Waals surface area contributed by atoms with Crippen LogP contribution in [0.3, 0.4) is 0 Å². The van der Waals surface area contributed by atoms with Gasteiger partial charge in [0.25, 0.3) is 5.56 Å². The number of H-pyrrole nitrogens is 1.